The summed E-state index contributed by atoms with van der Waals surface area (Å²) in [7, 11) is 0. The first kappa shape index (κ1) is 12.2. The number of aliphatic hydroxyl groups is 1. The molecule has 19 heavy (non-hydrogen) atoms. The predicted octanol–water partition coefficient (Wildman–Crippen LogP) is 3.07. The first-order valence-electron chi connectivity index (χ1n) is 6.40. The molecule has 1 aliphatic heterocycles. The first-order valence-corrected chi connectivity index (χ1v) is 6.40. The highest BCUT2D eigenvalue weighted by atomic mass is 19.1. The number of halogens is 1. The fraction of sp³-hybridized carbons (Fsp3) is 0.250. The zero-order valence-electron chi connectivity index (χ0n) is 10.7. The van der Waals surface area contributed by atoms with Gasteiger partial charge in [0.25, 0.3) is 0 Å². The zero-order chi connectivity index (χ0) is 13.5. The Morgan fingerprint density at radius 2 is 1.84 bits per heavy atom. The molecule has 2 aromatic rings. The minimum absolute atomic E-state index is 0.102. The number of anilines is 1. The summed E-state index contributed by atoms with van der Waals surface area (Å²) in [5, 5.41) is 14.1. The molecule has 2 unspecified atom stereocenters. The van der Waals surface area contributed by atoms with Crippen molar-refractivity contribution in [3.63, 3.8) is 0 Å². The van der Waals surface area contributed by atoms with Crippen LogP contribution in [0, 0.1) is 5.82 Å². The van der Waals surface area contributed by atoms with Crippen molar-refractivity contribution in [2.24, 2.45) is 0 Å². The molecule has 0 radical (unpaired) electrons. The summed E-state index contributed by atoms with van der Waals surface area (Å²) in [6, 6.07) is 14.0. The Morgan fingerprint density at radius 1 is 1.16 bits per heavy atom. The summed E-state index contributed by atoms with van der Waals surface area (Å²) in [6.07, 6.45) is 0.764. The summed E-state index contributed by atoms with van der Waals surface area (Å²) in [5.41, 5.74) is 1.95. The zero-order valence-corrected chi connectivity index (χ0v) is 10.7. The lowest BCUT2D eigenvalue weighted by atomic mass is 9.86. The van der Waals surface area contributed by atoms with Crippen molar-refractivity contribution in [1.29, 1.82) is 0 Å². The van der Waals surface area contributed by atoms with Crippen molar-refractivity contribution in [3.8, 4) is 0 Å². The average molecular weight is 257 g/mol. The molecule has 0 aliphatic carbocycles. The molecule has 2 aromatic carbocycles. The van der Waals surface area contributed by atoms with Crippen molar-refractivity contribution in [2.75, 3.05) is 5.32 Å². The standard InChI is InChI=1S/C16H16FNO/c1-16(19,12-6-8-13(17)9-7-12)15-10-11-4-2-3-5-14(11)18-15/h2-9,15,18-19H,10H2,1H3. The van der Waals surface area contributed by atoms with E-state index in [-0.39, 0.29) is 11.9 Å². The van der Waals surface area contributed by atoms with Crippen LogP contribution in [-0.2, 0) is 12.0 Å². The van der Waals surface area contributed by atoms with E-state index in [0.717, 1.165) is 17.7 Å². The van der Waals surface area contributed by atoms with Gasteiger partial charge in [0.05, 0.1) is 6.04 Å². The van der Waals surface area contributed by atoms with E-state index in [9.17, 15) is 9.50 Å². The van der Waals surface area contributed by atoms with E-state index in [2.05, 4.69) is 11.4 Å². The number of hydrogen-bond acceptors (Lipinski definition) is 2. The van der Waals surface area contributed by atoms with Gasteiger partial charge in [0.15, 0.2) is 0 Å². The highest BCUT2D eigenvalue weighted by Gasteiger charge is 2.37. The van der Waals surface area contributed by atoms with Gasteiger partial charge in [-0.05, 0) is 42.7 Å². The molecule has 0 saturated carbocycles. The second kappa shape index (κ2) is 4.35. The molecule has 98 valence electrons. The molecule has 0 amide bonds. The Hall–Kier alpha value is -1.87. The van der Waals surface area contributed by atoms with Gasteiger partial charge in [0, 0.05) is 5.69 Å². The van der Waals surface area contributed by atoms with E-state index < -0.39 is 5.60 Å². The summed E-state index contributed by atoms with van der Waals surface area (Å²) < 4.78 is 13.0. The molecule has 0 aromatic heterocycles. The van der Waals surface area contributed by atoms with Gasteiger partial charge in [-0.15, -0.1) is 0 Å². The van der Waals surface area contributed by atoms with E-state index >= 15 is 0 Å². The lowest BCUT2D eigenvalue weighted by Crippen LogP contribution is -2.40. The third-order valence-electron chi connectivity index (χ3n) is 3.88. The normalized spacial score (nSPS) is 20.5. The van der Waals surface area contributed by atoms with Crippen LogP contribution in [-0.4, -0.2) is 11.1 Å². The van der Waals surface area contributed by atoms with Gasteiger partial charge < -0.3 is 10.4 Å². The molecule has 0 spiro atoms. The predicted molar refractivity (Wildman–Crippen MR) is 73.5 cm³/mol. The maximum atomic E-state index is 13.0. The molecule has 0 bridgehead atoms. The number of para-hydroxylation sites is 1. The molecular formula is C16H16FNO. The van der Waals surface area contributed by atoms with Crippen molar-refractivity contribution in [1.82, 2.24) is 0 Å². The van der Waals surface area contributed by atoms with E-state index in [1.54, 1.807) is 19.1 Å². The molecule has 0 saturated heterocycles. The number of benzene rings is 2. The minimum atomic E-state index is -1.03. The largest absolute Gasteiger partial charge is 0.383 e. The molecule has 1 heterocycles. The average Bonchev–Trinajstić information content (AvgIpc) is 2.83. The summed E-state index contributed by atoms with van der Waals surface area (Å²) in [6.45, 7) is 1.77. The van der Waals surface area contributed by atoms with Crippen LogP contribution in [0.25, 0.3) is 0 Å². The van der Waals surface area contributed by atoms with Gasteiger partial charge >= 0.3 is 0 Å². The number of fused-ring (bicyclic) bond motifs is 1. The fourth-order valence-electron chi connectivity index (χ4n) is 2.63. The van der Waals surface area contributed by atoms with Crippen molar-refractivity contribution >= 4 is 5.69 Å². The quantitative estimate of drug-likeness (QED) is 0.866. The Kier molecular flexibility index (Phi) is 2.79. The van der Waals surface area contributed by atoms with Gasteiger partial charge in [0.1, 0.15) is 11.4 Å². The van der Waals surface area contributed by atoms with Crippen LogP contribution in [0.3, 0.4) is 0 Å². The second-order valence-corrected chi connectivity index (χ2v) is 5.21. The Bertz CT molecular complexity index is 567. The van der Waals surface area contributed by atoms with Crippen LogP contribution >= 0.6 is 0 Å². The molecule has 2 nitrogen and oxygen atoms in total. The van der Waals surface area contributed by atoms with Gasteiger partial charge in [0.2, 0.25) is 0 Å². The Labute approximate surface area is 111 Å². The summed E-state index contributed by atoms with van der Waals surface area (Å²) in [5.74, 6) is -0.290. The summed E-state index contributed by atoms with van der Waals surface area (Å²) >= 11 is 0. The van der Waals surface area contributed by atoms with Gasteiger partial charge in [-0.3, -0.25) is 0 Å². The lowest BCUT2D eigenvalue weighted by molar-refractivity contribution is 0.0381. The van der Waals surface area contributed by atoms with Crippen LogP contribution in [0.4, 0.5) is 10.1 Å². The topological polar surface area (TPSA) is 32.3 Å². The molecule has 1 aliphatic rings. The highest BCUT2D eigenvalue weighted by molar-refractivity contribution is 5.57. The van der Waals surface area contributed by atoms with Crippen molar-refractivity contribution in [3.05, 3.63) is 65.5 Å². The van der Waals surface area contributed by atoms with Crippen molar-refractivity contribution in [2.45, 2.75) is 25.0 Å². The molecule has 3 rings (SSSR count). The third kappa shape index (κ3) is 2.10. The molecule has 3 heteroatoms. The number of rotatable bonds is 2. The highest BCUT2D eigenvalue weighted by Crippen LogP contribution is 2.35. The van der Waals surface area contributed by atoms with Crippen LogP contribution in [0.1, 0.15) is 18.1 Å². The number of hydrogen-bond donors (Lipinski definition) is 2. The monoisotopic (exact) mass is 257 g/mol. The SMILES string of the molecule is CC(O)(c1ccc(F)cc1)C1Cc2ccccc2N1. The molecule has 0 fully saturated rings. The van der Waals surface area contributed by atoms with Crippen LogP contribution < -0.4 is 5.32 Å². The molecule has 2 atom stereocenters. The maximum Gasteiger partial charge on any atom is 0.123 e. The smallest absolute Gasteiger partial charge is 0.123 e. The maximum absolute atomic E-state index is 13.0. The number of nitrogens with one attached hydrogen (secondary N) is 1. The van der Waals surface area contributed by atoms with Crippen LogP contribution in [0.5, 0.6) is 0 Å². The van der Waals surface area contributed by atoms with Gasteiger partial charge in [-0.25, -0.2) is 4.39 Å². The molecule has 2 N–H and O–H groups in total. The van der Waals surface area contributed by atoms with E-state index in [1.807, 2.05) is 18.2 Å². The second-order valence-electron chi connectivity index (χ2n) is 5.21. The van der Waals surface area contributed by atoms with Crippen LogP contribution in [0.15, 0.2) is 48.5 Å². The Morgan fingerprint density at radius 3 is 2.53 bits per heavy atom. The minimum Gasteiger partial charge on any atom is -0.383 e. The summed E-state index contributed by atoms with van der Waals surface area (Å²) in [4.78, 5) is 0. The fourth-order valence-corrected chi connectivity index (χ4v) is 2.63. The lowest BCUT2D eigenvalue weighted by Gasteiger charge is -2.31. The van der Waals surface area contributed by atoms with Gasteiger partial charge in [-0.2, -0.15) is 0 Å². The van der Waals surface area contributed by atoms with E-state index in [0.29, 0.717) is 0 Å². The molecular weight excluding hydrogens is 241 g/mol. The Balaban J connectivity index is 1.89. The van der Waals surface area contributed by atoms with Crippen molar-refractivity contribution < 1.29 is 9.50 Å². The van der Waals surface area contributed by atoms with E-state index in [1.165, 1.54) is 17.7 Å². The first-order chi connectivity index (χ1) is 9.07. The third-order valence-corrected chi connectivity index (χ3v) is 3.88. The van der Waals surface area contributed by atoms with E-state index in [4.69, 9.17) is 0 Å². The van der Waals surface area contributed by atoms with Crippen LogP contribution in [0.2, 0.25) is 0 Å². The van der Waals surface area contributed by atoms with Gasteiger partial charge in [-0.1, -0.05) is 30.3 Å².